The minimum atomic E-state index is -0.853. The van der Waals surface area contributed by atoms with Crippen LogP contribution in [0, 0.1) is 13.8 Å². The van der Waals surface area contributed by atoms with Crippen molar-refractivity contribution in [2.45, 2.75) is 26.9 Å². The summed E-state index contributed by atoms with van der Waals surface area (Å²) in [5.41, 5.74) is 5.69. The van der Waals surface area contributed by atoms with Crippen molar-refractivity contribution in [2.75, 3.05) is 7.11 Å². The van der Waals surface area contributed by atoms with E-state index in [2.05, 4.69) is 4.57 Å². The van der Waals surface area contributed by atoms with Crippen LogP contribution < -0.4 is 9.47 Å². The van der Waals surface area contributed by atoms with Crippen LogP contribution in [0.3, 0.4) is 0 Å². The molecule has 0 saturated carbocycles. The molecule has 0 radical (unpaired) electrons. The van der Waals surface area contributed by atoms with Gasteiger partial charge in [-0.15, -0.1) is 0 Å². The lowest BCUT2D eigenvalue weighted by molar-refractivity contribution is -0.136. The Labute approximate surface area is 181 Å². The third kappa shape index (κ3) is 3.99. The van der Waals surface area contributed by atoms with Gasteiger partial charge in [-0.05, 0) is 61.4 Å². The molecule has 0 unspecified atom stereocenters. The second-order valence-electron chi connectivity index (χ2n) is 7.53. The molecule has 158 valence electrons. The molecule has 0 amide bonds. The highest BCUT2D eigenvalue weighted by molar-refractivity contribution is 5.94. The number of hydrogen-bond donors (Lipinski definition) is 1. The molecule has 0 aliphatic carbocycles. The number of aliphatic carboxylic acids is 1. The fraction of sp³-hybridized carbons (Fsp3) is 0.192. The zero-order valence-electron chi connectivity index (χ0n) is 17.9. The minimum Gasteiger partial charge on any atom is -0.496 e. The first kappa shape index (κ1) is 20.5. The second-order valence-corrected chi connectivity index (χ2v) is 7.53. The summed E-state index contributed by atoms with van der Waals surface area (Å²) in [6.07, 6.45) is -0.0401. The fourth-order valence-electron chi connectivity index (χ4n) is 4.10. The standard InChI is InChI=1S/C26H25NO4/c1-17-24(30-3)14-13-23-26(17)22(15-25(28)29)18(2)27(23)20-9-11-21(12-10-20)31-16-19-7-5-4-6-8-19/h4-14H,15-16H2,1-3H3,(H,28,29). The largest absolute Gasteiger partial charge is 0.496 e. The number of benzene rings is 3. The van der Waals surface area contributed by atoms with Crippen LogP contribution in [0.2, 0.25) is 0 Å². The molecule has 0 saturated heterocycles. The molecule has 1 N–H and O–H groups in total. The summed E-state index contributed by atoms with van der Waals surface area (Å²) in [7, 11) is 1.63. The van der Waals surface area contributed by atoms with E-state index >= 15 is 0 Å². The van der Waals surface area contributed by atoms with Crippen LogP contribution in [0.4, 0.5) is 0 Å². The number of rotatable bonds is 7. The van der Waals surface area contributed by atoms with Crippen LogP contribution in [-0.4, -0.2) is 22.8 Å². The molecule has 0 aliphatic heterocycles. The number of ether oxygens (including phenoxy) is 2. The van der Waals surface area contributed by atoms with Crippen LogP contribution in [0.15, 0.2) is 66.7 Å². The van der Waals surface area contributed by atoms with E-state index in [1.807, 2.05) is 80.6 Å². The predicted molar refractivity (Wildman–Crippen MR) is 121 cm³/mol. The topological polar surface area (TPSA) is 60.7 Å². The first-order chi connectivity index (χ1) is 15.0. The first-order valence-corrected chi connectivity index (χ1v) is 10.2. The molecule has 3 aromatic carbocycles. The van der Waals surface area contributed by atoms with Gasteiger partial charge < -0.3 is 19.1 Å². The lowest BCUT2D eigenvalue weighted by Gasteiger charge is -2.12. The maximum absolute atomic E-state index is 11.6. The normalized spacial score (nSPS) is 10.9. The number of fused-ring (bicyclic) bond motifs is 1. The third-order valence-corrected chi connectivity index (χ3v) is 5.60. The van der Waals surface area contributed by atoms with Gasteiger partial charge in [0.15, 0.2) is 0 Å². The number of carboxylic acids is 1. The van der Waals surface area contributed by atoms with E-state index in [4.69, 9.17) is 9.47 Å². The van der Waals surface area contributed by atoms with Crippen molar-refractivity contribution in [3.63, 3.8) is 0 Å². The van der Waals surface area contributed by atoms with Crippen LogP contribution in [0.5, 0.6) is 11.5 Å². The van der Waals surface area contributed by atoms with E-state index in [-0.39, 0.29) is 6.42 Å². The van der Waals surface area contributed by atoms with Crippen molar-refractivity contribution in [2.24, 2.45) is 0 Å². The summed E-state index contributed by atoms with van der Waals surface area (Å²) >= 11 is 0. The average Bonchev–Trinajstić information content (AvgIpc) is 3.05. The molecule has 5 heteroatoms. The van der Waals surface area contributed by atoms with Gasteiger partial charge in [0.2, 0.25) is 0 Å². The number of hydrogen-bond acceptors (Lipinski definition) is 3. The Bertz CT molecular complexity index is 1220. The van der Waals surface area contributed by atoms with Crippen molar-refractivity contribution < 1.29 is 19.4 Å². The number of methoxy groups -OCH3 is 1. The quantitative estimate of drug-likeness (QED) is 0.435. The molecule has 0 spiro atoms. The van der Waals surface area contributed by atoms with Gasteiger partial charge in [0, 0.05) is 22.3 Å². The monoisotopic (exact) mass is 415 g/mol. The zero-order valence-corrected chi connectivity index (χ0v) is 17.9. The zero-order chi connectivity index (χ0) is 22.0. The van der Waals surface area contributed by atoms with Crippen LogP contribution in [0.1, 0.15) is 22.4 Å². The van der Waals surface area contributed by atoms with Crippen LogP contribution in [0.25, 0.3) is 16.6 Å². The Morgan fingerprint density at radius 2 is 1.68 bits per heavy atom. The van der Waals surface area contributed by atoms with Gasteiger partial charge in [0.05, 0.1) is 19.0 Å². The Morgan fingerprint density at radius 1 is 0.968 bits per heavy atom. The van der Waals surface area contributed by atoms with Gasteiger partial charge in [-0.1, -0.05) is 30.3 Å². The highest BCUT2D eigenvalue weighted by Gasteiger charge is 2.20. The van der Waals surface area contributed by atoms with Crippen LogP contribution >= 0.6 is 0 Å². The van der Waals surface area contributed by atoms with E-state index in [9.17, 15) is 9.90 Å². The molecule has 1 heterocycles. The van der Waals surface area contributed by atoms with Crippen molar-refractivity contribution in [3.8, 4) is 17.2 Å². The number of aromatic nitrogens is 1. The number of carbonyl (C=O) groups is 1. The van der Waals surface area contributed by atoms with Gasteiger partial charge >= 0.3 is 5.97 Å². The Hall–Kier alpha value is -3.73. The molecule has 4 rings (SSSR count). The lowest BCUT2D eigenvalue weighted by Crippen LogP contribution is -2.03. The Kier molecular flexibility index (Phi) is 5.67. The molecule has 0 aliphatic rings. The van der Waals surface area contributed by atoms with Gasteiger partial charge in [-0.3, -0.25) is 4.79 Å². The van der Waals surface area contributed by atoms with Crippen LogP contribution in [-0.2, 0) is 17.8 Å². The predicted octanol–water partition coefficient (Wildman–Crippen LogP) is 5.46. The maximum Gasteiger partial charge on any atom is 0.307 e. The Balaban J connectivity index is 1.72. The summed E-state index contributed by atoms with van der Waals surface area (Å²) in [5, 5.41) is 10.4. The summed E-state index contributed by atoms with van der Waals surface area (Å²) in [5.74, 6) is 0.681. The minimum absolute atomic E-state index is 0.0401. The number of carboxylic acid groups (broad SMARTS) is 1. The van der Waals surface area contributed by atoms with Crippen molar-refractivity contribution in [1.82, 2.24) is 4.57 Å². The van der Waals surface area contributed by atoms with Gasteiger partial charge in [0.1, 0.15) is 18.1 Å². The summed E-state index contributed by atoms with van der Waals surface area (Å²) in [4.78, 5) is 11.6. The van der Waals surface area contributed by atoms with Crippen molar-refractivity contribution >= 4 is 16.9 Å². The molecule has 0 fully saturated rings. The van der Waals surface area contributed by atoms with E-state index in [1.165, 1.54) is 0 Å². The average molecular weight is 415 g/mol. The SMILES string of the molecule is COc1ccc2c(c1C)c(CC(=O)O)c(C)n2-c1ccc(OCc2ccccc2)cc1. The van der Waals surface area contributed by atoms with Gasteiger partial charge in [0.25, 0.3) is 0 Å². The van der Waals surface area contributed by atoms with E-state index < -0.39 is 5.97 Å². The van der Waals surface area contributed by atoms with E-state index in [0.717, 1.165) is 50.5 Å². The number of nitrogens with zero attached hydrogens (tertiary/aromatic N) is 1. The maximum atomic E-state index is 11.6. The molecule has 1 aromatic heterocycles. The molecule has 31 heavy (non-hydrogen) atoms. The summed E-state index contributed by atoms with van der Waals surface area (Å²) in [6.45, 7) is 4.44. The van der Waals surface area contributed by atoms with Gasteiger partial charge in [-0.2, -0.15) is 0 Å². The van der Waals surface area contributed by atoms with Crippen molar-refractivity contribution in [1.29, 1.82) is 0 Å². The molecule has 4 aromatic rings. The molecule has 5 nitrogen and oxygen atoms in total. The highest BCUT2D eigenvalue weighted by atomic mass is 16.5. The Morgan fingerprint density at radius 3 is 2.32 bits per heavy atom. The third-order valence-electron chi connectivity index (χ3n) is 5.60. The van der Waals surface area contributed by atoms with Gasteiger partial charge in [-0.25, -0.2) is 0 Å². The summed E-state index contributed by atoms with van der Waals surface area (Å²) < 4.78 is 13.5. The summed E-state index contributed by atoms with van der Waals surface area (Å²) in [6, 6.07) is 21.8. The number of aryl methyl sites for hydroxylation is 1. The smallest absolute Gasteiger partial charge is 0.307 e. The van der Waals surface area contributed by atoms with E-state index in [1.54, 1.807) is 7.11 Å². The fourth-order valence-corrected chi connectivity index (χ4v) is 4.10. The first-order valence-electron chi connectivity index (χ1n) is 10.2. The highest BCUT2D eigenvalue weighted by Crippen LogP contribution is 2.36. The molecular weight excluding hydrogens is 390 g/mol. The molecular formula is C26H25NO4. The lowest BCUT2D eigenvalue weighted by atomic mass is 10.0. The van der Waals surface area contributed by atoms with Crippen molar-refractivity contribution in [3.05, 3.63) is 89.1 Å². The second kappa shape index (κ2) is 8.56. The molecule has 0 bridgehead atoms. The molecule has 0 atom stereocenters. The van der Waals surface area contributed by atoms with E-state index in [0.29, 0.717) is 6.61 Å².